The topological polar surface area (TPSA) is 120 Å². The Labute approximate surface area is 162 Å². The summed E-state index contributed by atoms with van der Waals surface area (Å²) in [7, 11) is -1.93. The van der Waals surface area contributed by atoms with Gasteiger partial charge in [-0.3, -0.25) is 9.48 Å². The Morgan fingerprint density at radius 3 is 2.50 bits per heavy atom. The van der Waals surface area contributed by atoms with Gasteiger partial charge >= 0.3 is 5.97 Å². The summed E-state index contributed by atoms with van der Waals surface area (Å²) in [5, 5.41) is 6.40. The summed E-state index contributed by atoms with van der Waals surface area (Å²) >= 11 is 0. The van der Waals surface area contributed by atoms with Crippen LogP contribution in [0.4, 0.5) is 5.69 Å². The van der Waals surface area contributed by atoms with Crippen LogP contribution >= 0.6 is 0 Å². The summed E-state index contributed by atoms with van der Waals surface area (Å²) in [6, 6.07) is 5.80. The summed E-state index contributed by atoms with van der Waals surface area (Å²) < 4.78 is 38.0. The van der Waals surface area contributed by atoms with Crippen LogP contribution in [0.1, 0.15) is 10.4 Å². The first-order chi connectivity index (χ1) is 13.4. The summed E-state index contributed by atoms with van der Waals surface area (Å²) in [5.41, 5.74) is 0.635. The number of esters is 1. The molecule has 150 valence electrons. The molecule has 2 aromatic rings. The molecule has 1 aromatic carbocycles. The minimum Gasteiger partial charge on any atom is -0.452 e. The maximum Gasteiger partial charge on any atom is 0.341 e. The van der Waals surface area contributed by atoms with Gasteiger partial charge in [-0.15, -0.1) is 0 Å². The highest BCUT2D eigenvalue weighted by molar-refractivity contribution is 7.89. The first-order valence-corrected chi connectivity index (χ1v) is 9.94. The van der Waals surface area contributed by atoms with E-state index < -0.39 is 28.5 Å². The Balaban J connectivity index is 1.55. The first-order valence-electron chi connectivity index (χ1n) is 8.50. The fourth-order valence-corrected chi connectivity index (χ4v) is 3.99. The molecule has 11 heteroatoms. The van der Waals surface area contributed by atoms with E-state index in [0.717, 1.165) is 0 Å². The van der Waals surface area contributed by atoms with Gasteiger partial charge in [-0.2, -0.15) is 9.40 Å². The number of anilines is 1. The molecule has 0 radical (unpaired) electrons. The van der Waals surface area contributed by atoms with Gasteiger partial charge in [0.05, 0.1) is 29.9 Å². The molecular weight excluding hydrogens is 388 g/mol. The number of morpholine rings is 1. The lowest BCUT2D eigenvalue weighted by Gasteiger charge is -2.26. The Hall–Kier alpha value is -2.76. The molecule has 0 aliphatic carbocycles. The summed E-state index contributed by atoms with van der Waals surface area (Å²) in [6.07, 6.45) is 2.82. The molecule has 1 aliphatic heterocycles. The van der Waals surface area contributed by atoms with Crippen molar-refractivity contribution >= 4 is 27.6 Å². The lowest BCUT2D eigenvalue weighted by Crippen LogP contribution is -2.40. The SMILES string of the molecule is Cn1cc(C(=O)OCC(=O)Nc2ccc(S(=O)(=O)N3CCOCC3)cc2)cn1. The average molecular weight is 408 g/mol. The van der Waals surface area contributed by atoms with Gasteiger partial charge in [-0.1, -0.05) is 0 Å². The van der Waals surface area contributed by atoms with Gasteiger partial charge in [0.1, 0.15) is 0 Å². The third kappa shape index (κ3) is 4.74. The van der Waals surface area contributed by atoms with Gasteiger partial charge in [0.25, 0.3) is 5.91 Å². The molecule has 1 fully saturated rings. The molecule has 3 rings (SSSR count). The Kier molecular flexibility index (Phi) is 6.07. The number of amides is 1. The van der Waals surface area contributed by atoms with Crippen molar-refractivity contribution < 1.29 is 27.5 Å². The van der Waals surface area contributed by atoms with Crippen LogP contribution < -0.4 is 5.32 Å². The van der Waals surface area contributed by atoms with Gasteiger partial charge in [-0.25, -0.2) is 13.2 Å². The number of nitrogens with one attached hydrogen (secondary N) is 1. The van der Waals surface area contributed by atoms with E-state index in [1.165, 1.54) is 45.6 Å². The third-order valence-electron chi connectivity index (χ3n) is 4.02. The number of rotatable bonds is 6. The van der Waals surface area contributed by atoms with E-state index in [-0.39, 0.29) is 10.5 Å². The molecule has 0 saturated carbocycles. The summed E-state index contributed by atoms with van der Waals surface area (Å²) in [4.78, 5) is 23.9. The fraction of sp³-hybridized carbons (Fsp3) is 0.353. The van der Waals surface area contributed by atoms with E-state index in [0.29, 0.717) is 32.0 Å². The van der Waals surface area contributed by atoms with Crippen LogP contribution in [0.3, 0.4) is 0 Å². The minimum atomic E-state index is -3.59. The van der Waals surface area contributed by atoms with Gasteiger partial charge in [0.15, 0.2) is 6.61 Å². The maximum absolute atomic E-state index is 12.6. The zero-order valence-corrected chi connectivity index (χ0v) is 16.0. The molecule has 0 bridgehead atoms. The number of carbonyl (C=O) groups is 2. The van der Waals surface area contributed by atoms with Crippen molar-refractivity contribution in [3.05, 3.63) is 42.2 Å². The highest BCUT2D eigenvalue weighted by Gasteiger charge is 2.26. The number of carbonyl (C=O) groups excluding carboxylic acids is 2. The lowest BCUT2D eigenvalue weighted by molar-refractivity contribution is -0.119. The minimum absolute atomic E-state index is 0.135. The standard InChI is InChI=1S/C17H20N4O6S/c1-20-11-13(10-18-20)17(23)27-12-16(22)19-14-2-4-15(5-3-14)28(24,25)21-6-8-26-9-7-21/h2-5,10-11H,6-9,12H2,1H3,(H,19,22). The van der Waals surface area contributed by atoms with Crippen LogP contribution in [-0.4, -0.2) is 67.3 Å². The molecule has 1 N–H and O–H groups in total. The molecule has 0 spiro atoms. The molecule has 28 heavy (non-hydrogen) atoms. The van der Waals surface area contributed by atoms with Crippen LogP contribution in [-0.2, 0) is 31.3 Å². The second-order valence-corrected chi connectivity index (χ2v) is 8.01. The number of hydrogen-bond acceptors (Lipinski definition) is 7. The highest BCUT2D eigenvalue weighted by Crippen LogP contribution is 2.19. The van der Waals surface area contributed by atoms with Crippen LogP contribution in [0.25, 0.3) is 0 Å². The molecule has 1 saturated heterocycles. The molecule has 1 aromatic heterocycles. The molecule has 0 atom stereocenters. The van der Waals surface area contributed by atoms with E-state index in [1.807, 2.05) is 0 Å². The van der Waals surface area contributed by atoms with E-state index >= 15 is 0 Å². The van der Waals surface area contributed by atoms with Gasteiger partial charge < -0.3 is 14.8 Å². The summed E-state index contributed by atoms with van der Waals surface area (Å²) in [5.74, 6) is -1.20. The molecular formula is C17H20N4O6S. The quantitative estimate of drug-likeness (QED) is 0.680. The highest BCUT2D eigenvalue weighted by atomic mass is 32.2. The van der Waals surface area contributed by atoms with Crippen molar-refractivity contribution in [2.45, 2.75) is 4.90 Å². The van der Waals surface area contributed by atoms with E-state index in [1.54, 1.807) is 7.05 Å². The van der Waals surface area contributed by atoms with Crippen LogP contribution in [0.15, 0.2) is 41.6 Å². The first kappa shape index (κ1) is 20.0. The average Bonchev–Trinajstić information content (AvgIpc) is 3.14. The predicted molar refractivity (Wildman–Crippen MR) is 98.1 cm³/mol. The van der Waals surface area contributed by atoms with E-state index in [2.05, 4.69) is 10.4 Å². The van der Waals surface area contributed by atoms with Crippen molar-refractivity contribution in [2.75, 3.05) is 38.2 Å². The Morgan fingerprint density at radius 2 is 1.89 bits per heavy atom. The van der Waals surface area contributed by atoms with Gasteiger partial charge in [0, 0.05) is 32.0 Å². The molecule has 0 unspecified atom stereocenters. The number of benzene rings is 1. The lowest BCUT2D eigenvalue weighted by atomic mass is 10.3. The number of aryl methyl sites for hydroxylation is 1. The third-order valence-corrected chi connectivity index (χ3v) is 5.93. The Morgan fingerprint density at radius 1 is 1.21 bits per heavy atom. The summed E-state index contributed by atoms with van der Waals surface area (Å²) in [6.45, 7) is 0.879. The van der Waals surface area contributed by atoms with Crippen LogP contribution in [0.2, 0.25) is 0 Å². The van der Waals surface area contributed by atoms with E-state index in [9.17, 15) is 18.0 Å². The van der Waals surface area contributed by atoms with E-state index in [4.69, 9.17) is 9.47 Å². The Bertz CT molecular complexity index is 948. The van der Waals surface area contributed by atoms with Crippen LogP contribution in [0, 0.1) is 0 Å². The normalized spacial score (nSPS) is 15.2. The van der Waals surface area contributed by atoms with Crippen molar-refractivity contribution in [1.82, 2.24) is 14.1 Å². The largest absolute Gasteiger partial charge is 0.452 e. The number of hydrogen-bond donors (Lipinski definition) is 1. The second-order valence-electron chi connectivity index (χ2n) is 6.07. The zero-order valence-electron chi connectivity index (χ0n) is 15.2. The fourth-order valence-electron chi connectivity index (χ4n) is 2.58. The number of aromatic nitrogens is 2. The number of nitrogens with zero attached hydrogens (tertiary/aromatic N) is 3. The zero-order chi connectivity index (χ0) is 20.1. The van der Waals surface area contributed by atoms with Crippen molar-refractivity contribution in [3.63, 3.8) is 0 Å². The van der Waals surface area contributed by atoms with Gasteiger partial charge in [0.2, 0.25) is 10.0 Å². The maximum atomic E-state index is 12.6. The van der Waals surface area contributed by atoms with Crippen molar-refractivity contribution in [2.24, 2.45) is 7.05 Å². The van der Waals surface area contributed by atoms with Crippen molar-refractivity contribution in [3.8, 4) is 0 Å². The second kappa shape index (κ2) is 8.50. The molecule has 1 aliphatic rings. The molecule has 2 heterocycles. The van der Waals surface area contributed by atoms with Crippen molar-refractivity contribution in [1.29, 1.82) is 0 Å². The van der Waals surface area contributed by atoms with Crippen LogP contribution in [0.5, 0.6) is 0 Å². The smallest absolute Gasteiger partial charge is 0.341 e. The van der Waals surface area contributed by atoms with Gasteiger partial charge in [-0.05, 0) is 24.3 Å². The number of ether oxygens (including phenoxy) is 2. The predicted octanol–water partition coefficient (Wildman–Crippen LogP) is 0.237. The number of sulfonamides is 1. The monoisotopic (exact) mass is 408 g/mol. The molecule has 10 nitrogen and oxygen atoms in total. The molecule has 1 amide bonds.